The first kappa shape index (κ1) is 14.9. The molecule has 2 rings (SSSR count). The Labute approximate surface area is 121 Å². The van der Waals surface area contributed by atoms with Crippen molar-refractivity contribution < 1.29 is 0 Å². The molecule has 108 valence electrons. The van der Waals surface area contributed by atoms with E-state index in [4.69, 9.17) is 0 Å². The first-order valence-corrected chi connectivity index (χ1v) is 8.32. The lowest BCUT2D eigenvalue weighted by molar-refractivity contribution is 0.165. The number of likely N-dealkylation sites (tertiary alicyclic amines) is 1. The Balaban J connectivity index is 1.82. The van der Waals surface area contributed by atoms with E-state index in [9.17, 15) is 0 Å². The molecule has 0 bridgehead atoms. The largest absolute Gasteiger partial charge is 0.305 e. The third-order valence-corrected chi connectivity index (χ3v) is 5.40. The minimum Gasteiger partial charge on any atom is -0.305 e. The highest BCUT2D eigenvalue weighted by atomic mass is 32.1. The van der Waals surface area contributed by atoms with Crippen LogP contribution in [0.1, 0.15) is 49.5 Å². The smallest absolute Gasteiger partial charge is 0.109 e. The van der Waals surface area contributed by atoms with Crippen molar-refractivity contribution in [3.63, 3.8) is 0 Å². The van der Waals surface area contributed by atoms with E-state index in [1.807, 2.05) is 6.20 Å². The van der Waals surface area contributed by atoms with Gasteiger partial charge in [0.15, 0.2) is 0 Å². The number of rotatable bonds is 5. The zero-order chi connectivity index (χ0) is 13.8. The Morgan fingerprint density at radius 2 is 2.11 bits per heavy atom. The van der Waals surface area contributed by atoms with Gasteiger partial charge in [-0.2, -0.15) is 0 Å². The molecule has 0 amide bonds. The number of piperidine rings is 1. The van der Waals surface area contributed by atoms with Gasteiger partial charge in [-0.25, -0.2) is 4.98 Å². The van der Waals surface area contributed by atoms with E-state index in [0.29, 0.717) is 12.1 Å². The van der Waals surface area contributed by atoms with Crippen LogP contribution >= 0.6 is 11.3 Å². The maximum Gasteiger partial charge on any atom is 0.109 e. The van der Waals surface area contributed by atoms with Crippen LogP contribution in [0.3, 0.4) is 0 Å². The average Bonchev–Trinajstić information content (AvgIpc) is 2.85. The van der Waals surface area contributed by atoms with Crippen molar-refractivity contribution >= 4 is 11.3 Å². The van der Waals surface area contributed by atoms with E-state index < -0.39 is 0 Å². The Morgan fingerprint density at radius 1 is 1.42 bits per heavy atom. The summed E-state index contributed by atoms with van der Waals surface area (Å²) in [5, 5.41) is 4.96. The van der Waals surface area contributed by atoms with Crippen LogP contribution in [0, 0.1) is 12.8 Å². The maximum atomic E-state index is 4.49. The summed E-state index contributed by atoms with van der Waals surface area (Å²) in [5.74, 6) is 0.811. The fourth-order valence-electron chi connectivity index (χ4n) is 2.94. The van der Waals surface area contributed by atoms with Crippen LogP contribution in [0.25, 0.3) is 0 Å². The van der Waals surface area contributed by atoms with Gasteiger partial charge in [-0.15, -0.1) is 11.3 Å². The lowest BCUT2D eigenvalue weighted by atomic mass is 9.90. The lowest BCUT2D eigenvalue weighted by Crippen LogP contribution is -2.42. The van der Waals surface area contributed by atoms with Gasteiger partial charge in [0.1, 0.15) is 5.01 Å². The highest BCUT2D eigenvalue weighted by Gasteiger charge is 2.24. The molecule has 0 aromatic carbocycles. The number of aromatic nitrogens is 1. The highest BCUT2D eigenvalue weighted by Crippen LogP contribution is 2.24. The van der Waals surface area contributed by atoms with Gasteiger partial charge in [-0.1, -0.05) is 6.92 Å². The Bertz CT molecular complexity index is 382. The number of aryl methyl sites for hydroxylation is 1. The standard InChI is InChI=1S/C15H27N3S/c1-5-18-8-6-14(7-9-18)12(3)17-13(4)15-16-10-11(2)19-15/h10,12-14,17H,5-9H2,1-4H3. The van der Waals surface area contributed by atoms with E-state index in [1.54, 1.807) is 11.3 Å². The van der Waals surface area contributed by atoms with Crippen molar-refractivity contribution in [1.82, 2.24) is 15.2 Å². The van der Waals surface area contributed by atoms with E-state index in [2.05, 4.69) is 42.9 Å². The number of hydrogen-bond acceptors (Lipinski definition) is 4. The van der Waals surface area contributed by atoms with Crippen LogP contribution in [0.2, 0.25) is 0 Å². The molecule has 2 heterocycles. The summed E-state index contributed by atoms with van der Waals surface area (Å²) in [4.78, 5) is 8.34. The van der Waals surface area contributed by atoms with Crippen molar-refractivity contribution in [3.05, 3.63) is 16.1 Å². The molecule has 0 aliphatic carbocycles. The van der Waals surface area contributed by atoms with Gasteiger partial charge >= 0.3 is 0 Å². The van der Waals surface area contributed by atoms with Crippen LogP contribution < -0.4 is 5.32 Å². The topological polar surface area (TPSA) is 28.2 Å². The minimum atomic E-state index is 0.373. The summed E-state index contributed by atoms with van der Waals surface area (Å²) in [6.07, 6.45) is 4.62. The van der Waals surface area contributed by atoms with E-state index in [1.165, 1.54) is 42.4 Å². The summed E-state index contributed by atoms with van der Waals surface area (Å²) in [6.45, 7) is 12.7. The van der Waals surface area contributed by atoms with Crippen molar-refractivity contribution in [2.75, 3.05) is 19.6 Å². The molecule has 4 heteroatoms. The molecule has 19 heavy (non-hydrogen) atoms. The van der Waals surface area contributed by atoms with Crippen molar-refractivity contribution in [2.24, 2.45) is 5.92 Å². The highest BCUT2D eigenvalue weighted by molar-refractivity contribution is 7.11. The second kappa shape index (κ2) is 6.82. The third-order valence-electron chi connectivity index (χ3n) is 4.31. The molecule has 1 fully saturated rings. The zero-order valence-electron chi connectivity index (χ0n) is 12.6. The molecule has 1 saturated heterocycles. The molecular weight excluding hydrogens is 254 g/mol. The van der Waals surface area contributed by atoms with Crippen LogP contribution in [-0.2, 0) is 0 Å². The van der Waals surface area contributed by atoms with E-state index in [-0.39, 0.29) is 0 Å². The molecule has 1 aliphatic heterocycles. The van der Waals surface area contributed by atoms with Gasteiger partial charge in [-0.3, -0.25) is 0 Å². The number of hydrogen-bond donors (Lipinski definition) is 1. The quantitative estimate of drug-likeness (QED) is 0.898. The zero-order valence-corrected chi connectivity index (χ0v) is 13.5. The fraction of sp³-hybridized carbons (Fsp3) is 0.800. The third kappa shape index (κ3) is 4.01. The first-order chi connectivity index (χ1) is 9.10. The molecule has 0 spiro atoms. The predicted octanol–water partition coefficient (Wildman–Crippen LogP) is 3.22. The summed E-state index contributed by atoms with van der Waals surface area (Å²) in [5.41, 5.74) is 0. The molecule has 1 aliphatic rings. The molecule has 0 radical (unpaired) electrons. The molecule has 1 aromatic rings. The second-order valence-corrected chi connectivity index (χ2v) is 7.02. The number of thiazole rings is 1. The normalized spacial score (nSPS) is 21.5. The van der Waals surface area contributed by atoms with Gasteiger partial charge in [-0.05, 0) is 59.2 Å². The van der Waals surface area contributed by atoms with Crippen molar-refractivity contribution in [3.8, 4) is 0 Å². The van der Waals surface area contributed by atoms with E-state index >= 15 is 0 Å². The van der Waals surface area contributed by atoms with Crippen LogP contribution in [0.15, 0.2) is 6.20 Å². The number of nitrogens with one attached hydrogen (secondary N) is 1. The van der Waals surface area contributed by atoms with Gasteiger partial charge in [0.25, 0.3) is 0 Å². The molecule has 1 N–H and O–H groups in total. The van der Waals surface area contributed by atoms with E-state index in [0.717, 1.165) is 5.92 Å². The average molecular weight is 281 g/mol. The molecule has 3 nitrogen and oxygen atoms in total. The second-order valence-electron chi connectivity index (χ2n) is 5.76. The van der Waals surface area contributed by atoms with Gasteiger partial charge in [0.2, 0.25) is 0 Å². The molecule has 2 unspecified atom stereocenters. The van der Waals surface area contributed by atoms with Crippen LogP contribution in [-0.4, -0.2) is 35.6 Å². The Morgan fingerprint density at radius 3 is 2.63 bits per heavy atom. The van der Waals surface area contributed by atoms with Crippen LogP contribution in [0.5, 0.6) is 0 Å². The summed E-state index contributed by atoms with van der Waals surface area (Å²) in [7, 11) is 0. The Kier molecular flexibility index (Phi) is 5.37. The molecule has 0 saturated carbocycles. The first-order valence-electron chi connectivity index (χ1n) is 7.51. The SMILES string of the molecule is CCN1CCC(C(C)NC(C)c2ncc(C)s2)CC1. The van der Waals surface area contributed by atoms with Gasteiger partial charge < -0.3 is 10.2 Å². The molecular formula is C15H27N3S. The van der Waals surface area contributed by atoms with Crippen molar-refractivity contribution in [2.45, 2.75) is 52.6 Å². The van der Waals surface area contributed by atoms with Gasteiger partial charge in [0.05, 0.1) is 6.04 Å². The summed E-state index contributed by atoms with van der Waals surface area (Å²) >= 11 is 1.81. The molecule has 2 atom stereocenters. The Hall–Kier alpha value is -0.450. The predicted molar refractivity (Wildman–Crippen MR) is 82.7 cm³/mol. The summed E-state index contributed by atoms with van der Waals surface area (Å²) in [6, 6.07) is 0.955. The minimum absolute atomic E-state index is 0.373. The summed E-state index contributed by atoms with van der Waals surface area (Å²) < 4.78 is 0. The lowest BCUT2D eigenvalue weighted by Gasteiger charge is -2.35. The maximum absolute atomic E-state index is 4.49. The van der Waals surface area contributed by atoms with Crippen molar-refractivity contribution in [1.29, 1.82) is 0 Å². The van der Waals surface area contributed by atoms with Crippen LogP contribution in [0.4, 0.5) is 0 Å². The van der Waals surface area contributed by atoms with Gasteiger partial charge in [0, 0.05) is 17.1 Å². The molecule has 1 aromatic heterocycles. The monoisotopic (exact) mass is 281 g/mol. The fourth-order valence-corrected chi connectivity index (χ4v) is 3.73. The number of nitrogens with zero attached hydrogens (tertiary/aromatic N) is 2.